The number of fused-ring (bicyclic) bond motifs is 1. The minimum Gasteiger partial charge on any atom is -0.461 e. The number of hydrogen-bond donors (Lipinski definition) is 0. The lowest BCUT2D eigenvalue weighted by molar-refractivity contribution is 0.0862. The summed E-state index contributed by atoms with van der Waals surface area (Å²) in [4.78, 5) is 0. The third kappa shape index (κ3) is 1.84. The molecule has 2 heteroatoms. The van der Waals surface area contributed by atoms with Gasteiger partial charge in [0, 0.05) is 6.92 Å². The van der Waals surface area contributed by atoms with Crippen molar-refractivity contribution in [3.05, 3.63) is 42.5 Å². The van der Waals surface area contributed by atoms with Crippen LogP contribution in [-0.4, -0.2) is 6.36 Å². The minimum atomic E-state index is -1.28. The summed E-state index contributed by atoms with van der Waals surface area (Å²) in [6.07, 6.45) is -1.28. The van der Waals surface area contributed by atoms with Crippen molar-refractivity contribution < 1.29 is 9.13 Å². The summed E-state index contributed by atoms with van der Waals surface area (Å²) in [5.41, 5.74) is 0. The van der Waals surface area contributed by atoms with Crippen LogP contribution >= 0.6 is 0 Å². The fourth-order valence-electron chi connectivity index (χ4n) is 1.37. The molecular weight excluding hydrogens is 179 g/mol. The normalized spacial score (nSPS) is 12.7. The second kappa shape index (κ2) is 3.66. The molecule has 0 fully saturated rings. The first-order chi connectivity index (χ1) is 6.75. The topological polar surface area (TPSA) is 9.23 Å². The van der Waals surface area contributed by atoms with Crippen LogP contribution in [0.3, 0.4) is 0 Å². The second-order valence-corrected chi connectivity index (χ2v) is 3.10. The second-order valence-electron chi connectivity index (χ2n) is 3.10. The molecule has 0 spiro atoms. The molecule has 1 nitrogen and oxygen atoms in total. The van der Waals surface area contributed by atoms with E-state index in [-0.39, 0.29) is 0 Å². The predicted molar refractivity (Wildman–Crippen MR) is 54.0 cm³/mol. The molecule has 14 heavy (non-hydrogen) atoms. The highest BCUT2D eigenvalue weighted by atomic mass is 19.1. The highest BCUT2D eigenvalue weighted by Gasteiger charge is 2.00. The monoisotopic (exact) mass is 189 g/mol. The minimum absolute atomic E-state index is 0.554. The van der Waals surface area contributed by atoms with Crippen molar-refractivity contribution in [2.24, 2.45) is 0 Å². The van der Waals surface area contributed by atoms with E-state index in [1.807, 2.05) is 30.3 Å². The van der Waals surface area contributed by atoms with E-state index in [1.54, 1.807) is 6.07 Å². The standard InChI is InChI=1S/C12H10FO/c1-9(13)14-12-7-6-10-4-2-3-5-11(10)8-12/h3-9H,1H3. The third-order valence-corrected chi connectivity index (χ3v) is 1.95. The first kappa shape index (κ1) is 9.00. The van der Waals surface area contributed by atoms with Gasteiger partial charge in [-0.2, -0.15) is 0 Å². The Bertz CT molecular complexity index is 437. The highest BCUT2D eigenvalue weighted by molar-refractivity contribution is 5.83. The van der Waals surface area contributed by atoms with Crippen LogP contribution < -0.4 is 4.74 Å². The van der Waals surface area contributed by atoms with Crippen LogP contribution in [0.1, 0.15) is 6.92 Å². The molecule has 0 aliphatic carbocycles. The Hall–Kier alpha value is -1.57. The molecule has 0 saturated heterocycles. The molecule has 0 aromatic heterocycles. The fraction of sp³-hybridized carbons (Fsp3) is 0.167. The Labute approximate surface area is 82.1 Å². The first-order valence-electron chi connectivity index (χ1n) is 4.46. The van der Waals surface area contributed by atoms with Gasteiger partial charge in [0.05, 0.1) is 0 Å². The van der Waals surface area contributed by atoms with Crippen LogP contribution in [-0.2, 0) is 0 Å². The van der Waals surface area contributed by atoms with Gasteiger partial charge in [0.25, 0.3) is 0 Å². The molecule has 2 aromatic carbocycles. The molecule has 0 saturated carbocycles. The van der Waals surface area contributed by atoms with Crippen molar-refractivity contribution in [3.63, 3.8) is 0 Å². The molecule has 0 heterocycles. The first-order valence-corrected chi connectivity index (χ1v) is 4.46. The predicted octanol–water partition coefficient (Wildman–Crippen LogP) is 3.33. The Morgan fingerprint density at radius 3 is 2.93 bits per heavy atom. The van der Waals surface area contributed by atoms with Gasteiger partial charge in [0.2, 0.25) is 6.36 Å². The maximum Gasteiger partial charge on any atom is 0.235 e. The number of ether oxygens (including phenoxy) is 1. The van der Waals surface area contributed by atoms with E-state index in [4.69, 9.17) is 4.74 Å². The molecule has 0 aliphatic heterocycles. The van der Waals surface area contributed by atoms with Crippen molar-refractivity contribution in [2.45, 2.75) is 13.3 Å². The number of halogens is 1. The number of hydrogen-bond acceptors (Lipinski definition) is 1. The summed E-state index contributed by atoms with van der Waals surface area (Å²) in [6, 6.07) is 14.1. The van der Waals surface area contributed by atoms with Gasteiger partial charge in [-0.05, 0) is 35.0 Å². The highest BCUT2D eigenvalue weighted by Crippen LogP contribution is 2.21. The van der Waals surface area contributed by atoms with Gasteiger partial charge in [0.15, 0.2) is 0 Å². The lowest BCUT2D eigenvalue weighted by Crippen LogP contribution is -2.03. The van der Waals surface area contributed by atoms with Crippen molar-refractivity contribution >= 4 is 10.8 Å². The number of rotatable bonds is 2. The van der Waals surface area contributed by atoms with Gasteiger partial charge in [-0.25, -0.2) is 4.39 Å². The van der Waals surface area contributed by atoms with E-state index < -0.39 is 6.36 Å². The maximum atomic E-state index is 12.6. The summed E-state index contributed by atoms with van der Waals surface area (Å²) < 4.78 is 17.5. The van der Waals surface area contributed by atoms with Crippen molar-refractivity contribution in [2.75, 3.05) is 0 Å². The van der Waals surface area contributed by atoms with Gasteiger partial charge in [-0.15, -0.1) is 0 Å². The summed E-state index contributed by atoms with van der Waals surface area (Å²) in [7, 11) is 0. The Morgan fingerprint density at radius 1 is 1.29 bits per heavy atom. The molecule has 2 rings (SSSR count). The lowest BCUT2D eigenvalue weighted by Gasteiger charge is -2.07. The summed E-state index contributed by atoms with van der Waals surface area (Å²) in [5, 5.41) is 2.10. The van der Waals surface area contributed by atoms with Gasteiger partial charge >= 0.3 is 0 Å². The van der Waals surface area contributed by atoms with Crippen LogP contribution in [0.15, 0.2) is 36.4 Å². The van der Waals surface area contributed by atoms with Crippen LogP contribution in [0.2, 0.25) is 0 Å². The Balaban J connectivity index is 2.41. The quantitative estimate of drug-likeness (QED) is 0.704. The van der Waals surface area contributed by atoms with Crippen LogP contribution in [0, 0.1) is 6.07 Å². The average Bonchev–Trinajstić information content (AvgIpc) is 2.17. The Morgan fingerprint density at radius 2 is 2.14 bits per heavy atom. The molecule has 0 amide bonds. The smallest absolute Gasteiger partial charge is 0.235 e. The molecule has 0 bridgehead atoms. The summed E-state index contributed by atoms with van der Waals surface area (Å²) in [6.45, 7) is 1.36. The zero-order valence-corrected chi connectivity index (χ0v) is 7.83. The van der Waals surface area contributed by atoms with Crippen LogP contribution in [0.4, 0.5) is 4.39 Å². The zero-order valence-electron chi connectivity index (χ0n) is 7.83. The molecular formula is C12H10FO. The molecule has 1 radical (unpaired) electrons. The van der Waals surface area contributed by atoms with E-state index in [0.29, 0.717) is 5.75 Å². The SMILES string of the molecule is CC(F)Oc1ccc2c[c]ccc2c1. The molecule has 0 aliphatic rings. The van der Waals surface area contributed by atoms with E-state index in [2.05, 4.69) is 6.07 Å². The zero-order chi connectivity index (χ0) is 9.97. The fourth-order valence-corrected chi connectivity index (χ4v) is 1.37. The van der Waals surface area contributed by atoms with E-state index in [0.717, 1.165) is 10.8 Å². The number of alkyl halides is 1. The lowest BCUT2D eigenvalue weighted by atomic mass is 10.1. The van der Waals surface area contributed by atoms with Crippen LogP contribution in [0.25, 0.3) is 10.8 Å². The molecule has 71 valence electrons. The molecule has 1 atom stereocenters. The Kier molecular flexibility index (Phi) is 2.35. The van der Waals surface area contributed by atoms with Crippen LogP contribution in [0.5, 0.6) is 5.75 Å². The van der Waals surface area contributed by atoms with Gasteiger partial charge in [0.1, 0.15) is 5.75 Å². The van der Waals surface area contributed by atoms with E-state index in [1.165, 1.54) is 6.92 Å². The summed E-state index contributed by atoms with van der Waals surface area (Å²) in [5.74, 6) is 0.554. The third-order valence-electron chi connectivity index (χ3n) is 1.95. The van der Waals surface area contributed by atoms with Gasteiger partial charge < -0.3 is 4.74 Å². The van der Waals surface area contributed by atoms with Crippen molar-refractivity contribution in [3.8, 4) is 5.75 Å². The van der Waals surface area contributed by atoms with Crippen molar-refractivity contribution in [1.82, 2.24) is 0 Å². The van der Waals surface area contributed by atoms with Gasteiger partial charge in [-0.1, -0.05) is 18.2 Å². The van der Waals surface area contributed by atoms with Gasteiger partial charge in [-0.3, -0.25) is 0 Å². The average molecular weight is 189 g/mol. The number of benzene rings is 2. The molecule has 2 aromatic rings. The molecule has 1 unspecified atom stereocenters. The molecule has 0 N–H and O–H groups in total. The van der Waals surface area contributed by atoms with E-state index in [9.17, 15) is 4.39 Å². The maximum absolute atomic E-state index is 12.6. The van der Waals surface area contributed by atoms with E-state index >= 15 is 0 Å². The summed E-state index contributed by atoms with van der Waals surface area (Å²) >= 11 is 0. The van der Waals surface area contributed by atoms with Crippen molar-refractivity contribution in [1.29, 1.82) is 0 Å². The largest absolute Gasteiger partial charge is 0.461 e.